The molecule has 1 fully saturated rings. The van der Waals surface area contributed by atoms with Gasteiger partial charge in [0.15, 0.2) is 0 Å². The predicted octanol–water partition coefficient (Wildman–Crippen LogP) is 0.997. The lowest BCUT2D eigenvalue weighted by molar-refractivity contribution is -0.137. The topological polar surface area (TPSA) is 60.9 Å². The molecular weight excluding hydrogens is 196 g/mol. The zero-order valence-electron chi connectivity index (χ0n) is 9.27. The number of amides is 2. The molecule has 1 N–H and O–H groups in total. The van der Waals surface area contributed by atoms with Crippen LogP contribution in [-0.4, -0.2) is 52.6 Å². The number of aliphatic carboxylic acids is 1. The minimum Gasteiger partial charge on any atom is -0.481 e. The Balaban J connectivity index is 2.51. The maximum atomic E-state index is 11.8. The molecule has 1 heterocycles. The minimum atomic E-state index is -0.857. The second-order valence-corrected chi connectivity index (χ2v) is 3.91. The molecule has 0 saturated carbocycles. The molecule has 86 valence electrons. The van der Waals surface area contributed by atoms with Gasteiger partial charge in [-0.15, -0.1) is 0 Å². The van der Waals surface area contributed by atoms with E-state index < -0.39 is 5.97 Å². The third-order valence-electron chi connectivity index (χ3n) is 2.62. The van der Waals surface area contributed by atoms with Crippen LogP contribution in [0.15, 0.2) is 0 Å². The summed E-state index contributed by atoms with van der Waals surface area (Å²) in [5, 5.41) is 8.65. The molecule has 0 spiro atoms. The van der Waals surface area contributed by atoms with E-state index in [4.69, 9.17) is 5.11 Å². The molecule has 2 amide bonds. The van der Waals surface area contributed by atoms with Crippen LogP contribution in [0, 0.1) is 0 Å². The van der Waals surface area contributed by atoms with Crippen molar-refractivity contribution in [3.63, 3.8) is 0 Å². The van der Waals surface area contributed by atoms with Crippen LogP contribution in [0.25, 0.3) is 0 Å². The van der Waals surface area contributed by atoms with E-state index in [-0.39, 0.29) is 18.5 Å². The monoisotopic (exact) mass is 214 g/mol. The molecule has 1 aliphatic rings. The smallest absolute Gasteiger partial charge is 0.320 e. The minimum absolute atomic E-state index is 0.0195. The summed E-state index contributed by atoms with van der Waals surface area (Å²) >= 11 is 0. The predicted molar refractivity (Wildman–Crippen MR) is 55.7 cm³/mol. The molecule has 0 aromatic heterocycles. The molecule has 5 heteroatoms. The molecule has 1 atom stereocenters. The lowest BCUT2D eigenvalue weighted by atomic mass is 10.2. The van der Waals surface area contributed by atoms with Gasteiger partial charge in [-0.05, 0) is 13.3 Å². The van der Waals surface area contributed by atoms with Gasteiger partial charge in [-0.25, -0.2) is 4.79 Å². The third kappa shape index (κ3) is 2.84. The maximum absolute atomic E-state index is 11.8. The Kier molecular flexibility index (Phi) is 3.94. The highest BCUT2D eigenvalue weighted by molar-refractivity contribution is 5.77. The van der Waals surface area contributed by atoms with Gasteiger partial charge in [-0.2, -0.15) is 0 Å². The van der Waals surface area contributed by atoms with E-state index in [1.54, 1.807) is 16.7 Å². The molecule has 15 heavy (non-hydrogen) atoms. The fourth-order valence-corrected chi connectivity index (χ4v) is 1.85. The highest BCUT2D eigenvalue weighted by Gasteiger charge is 2.31. The van der Waals surface area contributed by atoms with Crippen molar-refractivity contribution in [3.8, 4) is 0 Å². The number of hydrogen-bond acceptors (Lipinski definition) is 2. The third-order valence-corrected chi connectivity index (χ3v) is 2.62. The van der Waals surface area contributed by atoms with Gasteiger partial charge < -0.3 is 14.9 Å². The lowest BCUT2D eigenvalue weighted by Gasteiger charge is -2.23. The summed E-state index contributed by atoms with van der Waals surface area (Å²) < 4.78 is 0. The Labute approximate surface area is 89.7 Å². The van der Waals surface area contributed by atoms with Crippen molar-refractivity contribution in [1.29, 1.82) is 0 Å². The summed E-state index contributed by atoms with van der Waals surface area (Å²) in [5.41, 5.74) is 0. The molecule has 0 aromatic carbocycles. The number of carbonyl (C=O) groups excluding carboxylic acids is 1. The molecule has 1 aliphatic heterocycles. The van der Waals surface area contributed by atoms with Crippen molar-refractivity contribution in [2.45, 2.75) is 32.7 Å². The molecule has 0 bridgehead atoms. The average Bonchev–Trinajstić information content (AvgIpc) is 2.48. The number of hydrogen-bond donors (Lipinski definition) is 1. The second-order valence-electron chi connectivity index (χ2n) is 3.91. The second kappa shape index (κ2) is 5.00. The molecule has 1 rings (SSSR count). The quantitative estimate of drug-likeness (QED) is 0.742. The van der Waals surface area contributed by atoms with Crippen LogP contribution in [0.5, 0.6) is 0 Å². The van der Waals surface area contributed by atoms with Gasteiger partial charge >= 0.3 is 12.0 Å². The molecule has 0 aromatic rings. The Morgan fingerprint density at radius 3 is 2.73 bits per heavy atom. The summed E-state index contributed by atoms with van der Waals surface area (Å²) in [7, 11) is 0. The van der Waals surface area contributed by atoms with Gasteiger partial charge in [-0.3, -0.25) is 4.79 Å². The van der Waals surface area contributed by atoms with Crippen LogP contribution in [-0.2, 0) is 4.79 Å². The van der Waals surface area contributed by atoms with Crippen molar-refractivity contribution < 1.29 is 14.7 Å². The fraction of sp³-hybridized carbons (Fsp3) is 0.800. The van der Waals surface area contributed by atoms with E-state index in [0.717, 1.165) is 19.5 Å². The number of urea groups is 1. The van der Waals surface area contributed by atoms with Crippen LogP contribution in [0.2, 0.25) is 0 Å². The molecule has 1 saturated heterocycles. The first-order valence-corrected chi connectivity index (χ1v) is 5.33. The summed E-state index contributed by atoms with van der Waals surface area (Å²) in [4.78, 5) is 25.7. The largest absolute Gasteiger partial charge is 0.481 e. The number of rotatable bonds is 5. The average molecular weight is 214 g/mol. The Morgan fingerprint density at radius 1 is 1.53 bits per heavy atom. The van der Waals surface area contributed by atoms with Gasteiger partial charge in [0.1, 0.15) is 0 Å². The Hall–Kier alpha value is -1.26. The number of nitrogens with zero attached hydrogens (tertiary/aromatic N) is 2. The van der Waals surface area contributed by atoms with E-state index in [0.29, 0.717) is 6.54 Å². The Morgan fingerprint density at radius 2 is 2.20 bits per heavy atom. The molecule has 0 radical (unpaired) electrons. The summed E-state index contributed by atoms with van der Waals surface area (Å²) in [6.45, 7) is 5.93. The van der Waals surface area contributed by atoms with Gasteiger partial charge in [0.25, 0.3) is 0 Å². The summed E-state index contributed by atoms with van der Waals surface area (Å²) in [6, 6.07) is -0.234. The zero-order valence-corrected chi connectivity index (χ0v) is 9.27. The van der Waals surface area contributed by atoms with Crippen molar-refractivity contribution in [3.05, 3.63) is 0 Å². The van der Waals surface area contributed by atoms with Crippen molar-refractivity contribution in [2.75, 3.05) is 19.6 Å². The molecule has 1 unspecified atom stereocenters. The van der Waals surface area contributed by atoms with Gasteiger partial charge in [0, 0.05) is 25.7 Å². The molecule has 0 aliphatic carbocycles. The van der Waals surface area contributed by atoms with Crippen LogP contribution in [0.1, 0.15) is 26.7 Å². The van der Waals surface area contributed by atoms with E-state index in [2.05, 4.69) is 0 Å². The standard InChI is InChI=1S/C10H18N2O3/c1-3-4-11-5-6-12(10(11)15)8(2)7-9(13)14/h8H,3-7H2,1-2H3,(H,13,14). The van der Waals surface area contributed by atoms with Crippen molar-refractivity contribution in [2.24, 2.45) is 0 Å². The number of carboxylic acid groups (broad SMARTS) is 1. The SMILES string of the molecule is CCCN1CCN(C(C)CC(=O)O)C1=O. The van der Waals surface area contributed by atoms with Crippen LogP contribution in [0.3, 0.4) is 0 Å². The molecular formula is C10H18N2O3. The van der Waals surface area contributed by atoms with Crippen molar-refractivity contribution in [1.82, 2.24) is 9.80 Å². The van der Waals surface area contributed by atoms with Crippen LogP contribution >= 0.6 is 0 Å². The first kappa shape index (κ1) is 11.8. The van der Waals surface area contributed by atoms with Gasteiger partial charge in [-0.1, -0.05) is 6.92 Å². The van der Waals surface area contributed by atoms with E-state index in [9.17, 15) is 9.59 Å². The van der Waals surface area contributed by atoms with E-state index in [1.165, 1.54) is 0 Å². The van der Waals surface area contributed by atoms with Crippen molar-refractivity contribution >= 4 is 12.0 Å². The van der Waals surface area contributed by atoms with Crippen LogP contribution < -0.4 is 0 Å². The first-order chi connectivity index (χ1) is 7.06. The van der Waals surface area contributed by atoms with Gasteiger partial charge in [0.05, 0.1) is 6.42 Å². The fourth-order valence-electron chi connectivity index (χ4n) is 1.85. The van der Waals surface area contributed by atoms with E-state index in [1.807, 2.05) is 6.92 Å². The lowest BCUT2D eigenvalue weighted by Crippen LogP contribution is -2.39. The zero-order chi connectivity index (χ0) is 11.4. The number of carbonyl (C=O) groups is 2. The molecule has 5 nitrogen and oxygen atoms in total. The highest BCUT2D eigenvalue weighted by atomic mass is 16.4. The highest BCUT2D eigenvalue weighted by Crippen LogP contribution is 2.14. The maximum Gasteiger partial charge on any atom is 0.320 e. The Bertz CT molecular complexity index is 255. The van der Waals surface area contributed by atoms with Gasteiger partial charge in [0.2, 0.25) is 0 Å². The summed E-state index contributed by atoms with van der Waals surface area (Å²) in [5.74, 6) is -0.857. The van der Waals surface area contributed by atoms with Crippen LogP contribution in [0.4, 0.5) is 4.79 Å². The summed E-state index contributed by atoms with van der Waals surface area (Å²) in [6.07, 6.45) is 0.957. The normalized spacial score (nSPS) is 18.4. The number of carboxylic acids is 1. The first-order valence-electron chi connectivity index (χ1n) is 5.33. The van der Waals surface area contributed by atoms with E-state index >= 15 is 0 Å².